The zero-order valence-corrected chi connectivity index (χ0v) is 20.4. The standard InChI is InChI=1S/C26H34N6O3/c1-29-22-6-3-2-5-20(22)24(28-29)25(34)27-19-9-11-30(12-10-19)26(35)31-14-17-13-18(16-31)21-7-4-8-23(33)32(21)15-17/h2-3,5-6,17-19,21H,4,7-16H2,1H3,(H,27,34)/t17?,18?,21-/m1/s1. The maximum absolute atomic E-state index is 13.4. The molecule has 6 rings (SSSR count). The number of aryl methyl sites for hydroxylation is 1. The molecule has 9 nitrogen and oxygen atoms in total. The molecule has 9 heteroatoms. The number of fused-ring (bicyclic) bond motifs is 5. The number of carbonyl (C=O) groups excluding carboxylic acids is 3. The molecule has 1 aromatic heterocycles. The molecule has 1 aromatic carbocycles. The largest absolute Gasteiger partial charge is 0.348 e. The first-order chi connectivity index (χ1) is 17.0. The van der Waals surface area contributed by atoms with E-state index in [0.717, 1.165) is 62.6 Å². The van der Waals surface area contributed by atoms with Crippen LogP contribution in [0.15, 0.2) is 24.3 Å². The average Bonchev–Trinajstić information content (AvgIpc) is 3.21. The van der Waals surface area contributed by atoms with Crippen LogP contribution in [0.25, 0.3) is 10.9 Å². The third kappa shape index (κ3) is 4.04. The van der Waals surface area contributed by atoms with Gasteiger partial charge in [-0.05, 0) is 50.0 Å². The molecular weight excluding hydrogens is 444 g/mol. The van der Waals surface area contributed by atoms with Crippen LogP contribution >= 0.6 is 0 Å². The summed E-state index contributed by atoms with van der Waals surface area (Å²) in [7, 11) is 1.85. The highest BCUT2D eigenvalue weighted by molar-refractivity contribution is 6.04. The molecule has 4 amide bonds. The lowest BCUT2D eigenvalue weighted by Crippen LogP contribution is -2.62. The van der Waals surface area contributed by atoms with Gasteiger partial charge in [0.25, 0.3) is 5.91 Å². The molecule has 0 saturated carbocycles. The van der Waals surface area contributed by atoms with Crippen LogP contribution < -0.4 is 5.32 Å². The van der Waals surface area contributed by atoms with E-state index in [1.807, 2.05) is 41.1 Å². The summed E-state index contributed by atoms with van der Waals surface area (Å²) in [5.74, 6) is 0.947. The third-order valence-corrected chi connectivity index (χ3v) is 8.52. The van der Waals surface area contributed by atoms with Crippen molar-refractivity contribution in [2.75, 3.05) is 32.7 Å². The molecule has 1 N–H and O–H groups in total. The number of likely N-dealkylation sites (tertiary alicyclic amines) is 2. The van der Waals surface area contributed by atoms with Crippen molar-refractivity contribution in [3.63, 3.8) is 0 Å². The molecule has 2 bridgehead atoms. The number of para-hydroxylation sites is 1. The molecule has 0 spiro atoms. The molecule has 0 aliphatic carbocycles. The minimum Gasteiger partial charge on any atom is -0.348 e. The quantitative estimate of drug-likeness (QED) is 0.717. The van der Waals surface area contributed by atoms with Gasteiger partial charge in [0, 0.05) is 63.7 Å². The number of rotatable bonds is 2. The van der Waals surface area contributed by atoms with E-state index < -0.39 is 0 Å². The van der Waals surface area contributed by atoms with Crippen LogP contribution in [0.3, 0.4) is 0 Å². The van der Waals surface area contributed by atoms with Gasteiger partial charge in [-0.2, -0.15) is 5.10 Å². The number of benzene rings is 1. The van der Waals surface area contributed by atoms with Gasteiger partial charge >= 0.3 is 6.03 Å². The Balaban J connectivity index is 1.05. The van der Waals surface area contributed by atoms with Gasteiger partial charge in [-0.25, -0.2) is 4.79 Å². The molecule has 5 heterocycles. The first kappa shape index (κ1) is 22.4. The monoisotopic (exact) mass is 478 g/mol. The van der Waals surface area contributed by atoms with E-state index in [2.05, 4.69) is 15.3 Å². The van der Waals surface area contributed by atoms with Gasteiger partial charge in [-0.3, -0.25) is 14.3 Å². The maximum atomic E-state index is 13.4. The molecule has 0 radical (unpaired) electrons. The van der Waals surface area contributed by atoms with Crippen LogP contribution in [0.1, 0.15) is 49.0 Å². The number of nitrogens with zero attached hydrogens (tertiary/aromatic N) is 5. The van der Waals surface area contributed by atoms with Gasteiger partial charge in [-0.1, -0.05) is 18.2 Å². The van der Waals surface area contributed by atoms with Crippen LogP contribution in [0.2, 0.25) is 0 Å². The fraction of sp³-hybridized carbons (Fsp3) is 0.615. The van der Waals surface area contributed by atoms with Crippen molar-refractivity contribution in [2.24, 2.45) is 18.9 Å². The highest BCUT2D eigenvalue weighted by Gasteiger charge is 2.45. The summed E-state index contributed by atoms with van der Waals surface area (Å²) < 4.78 is 1.74. The first-order valence-electron chi connectivity index (χ1n) is 13.0. The Morgan fingerprint density at radius 2 is 1.83 bits per heavy atom. The third-order valence-electron chi connectivity index (χ3n) is 8.52. The van der Waals surface area contributed by atoms with Crippen molar-refractivity contribution in [2.45, 2.75) is 50.6 Å². The summed E-state index contributed by atoms with van der Waals surface area (Å²) in [5.41, 5.74) is 1.39. The second kappa shape index (κ2) is 8.84. The van der Waals surface area contributed by atoms with E-state index in [4.69, 9.17) is 0 Å². The lowest BCUT2D eigenvalue weighted by Gasteiger charge is -2.53. The summed E-state index contributed by atoms with van der Waals surface area (Å²) in [6.07, 6.45) is 5.35. The van der Waals surface area contributed by atoms with Gasteiger partial charge in [0.15, 0.2) is 5.69 Å². The van der Waals surface area contributed by atoms with Crippen LogP contribution in [0.5, 0.6) is 0 Å². The van der Waals surface area contributed by atoms with Crippen molar-refractivity contribution in [1.29, 1.82) is 0 Å². The van der Waals surface area contributed by atoms with Crippen LogP contribution in [0.4, 0.5) is 4.79 Å². The highest BCUT2D eigenvalue weighted by atomic mass is 16.2. The van der Waals surface area contributed by atoms with Gasteiger partial charge in [0.05, 0.1) is 5.52 Å². The molecule has 4 saturated heterocycles. The smallest absolute Gasteiger partial charge is 0.320 e. The molecule has 4 fully saturated rings. The van der Waals surface area contributed by atoms with Crippen LogP contribution in [0, 0.1) is 11.8 Å². The van der Waals surface area contributed by atoms with Crippen molar-refractivity contribution in [3.05, 3.63) is 30.0 Å². The zero-order chi connectivity index (χ0) is 24.1. The van der Waals surface area contributed by atoms with E-state index in [0.29, 0.717) is 49.0 Å². The van der Waals surface area contributed by atoms with Crippen molar-refractivity contribution in [3.8, 4) is 0 Å². The highest BCUT2D eigenvalue weighted by Crippen LogP contribution is 2.38. The number of carbonyl (C=O) groups is 3. The lowest BCUT2D eigenvalue weighted by atomic mass is 9.76. The normalized spacial score (nSPS) is 27.2. The minimum absolute atomic E-state index is 0.0369. The molecular formula is C26H34N6O3. The predicted octanol–water partition coefficient (Wildman–Crippen LogP) is 2.22. The number of nitrogens with one attached hydrogen (secondary N) is 1. The Bertz CT molecular complexity index is 1150. The Hall–Kier alpha value is -3.10. The summed E-state index contributed by atoms with van der Waals surface area (Å²) in [6.45, 7) is 3.60. The van der Waals surface area contributed by atoms with E-state index in [9.17, 15) is 14.4 Å². The topological polar surface area (TPSA) is 90.8 Å². The van der Waals surface area contributed by atoms with Crippen molar-refractivity contribution < 1.29 is 14.4 Å². The molecule has 4 aliphatic heterocycles. The van der Waals surface area contributed by atoms with Crippen LogP contribution in [-0.4, -0.2) is 87.1 Å². The fourth-order valence-electron chi connectivity index (χ4n) is 6.82. The fourth-order valence-corrected chi connectivity index (χ4v) is 6.82. The van der Waals surface area contributed by atoms with Crippen LogP contribution in [-0.2, 0) is 11.8 Å². The Morgan fingerprint density at radius 1 is 1.03 bits per heavy atom. The number of aromatic nitrogens is 2. The van der Waals surface area contributed by atoms with E-state index >= 15 is 0 Å². The SMILES string of the molecule is Cn1nc(C(=O)NC2CCN(C(=O)N3CC4CC(C3)[C@H]3CCCC(=O)N3C4)CC2)c2ccccc21. The molecule has 3 atom stereocenters. The molecule has 2 aromatic rings. The molecule has 35 heavy (non-hydrogen) atoms. The number of hydrogen-bond donors (Lipinski definition) is 1. The van der Waals surface area contributed by atoms with Gasteiger partial charge in [0.2, 0.25) is 5.91 Å². The lowest BCUT2D eigenvalue weighted by molar-refractivity contribution is -0.144. The number of piperidine rings is 4. The predicted molar refractivity (Wildman–Crippen MR) is 131 cm³/mol. The first-order valence-corrected chi connectivity index (χ1v) is 13.0. The maximum Gasteiger partial charge on any atom is 0.320 e. The summed E-state index contributed by atoms with van der Waals surface area (Å²) in [5, 5.41) is 8.43. The van der Waals surface area contributed by atoms with E-state index in [1.54, 1.807) is 4.68 Å². The second-order valence-corrected chi connectivity index (χ2v) is 10.8. The van der Waals surface area contributed by atoms with Gasteiger partial charge in [0.1, 0.15) is 0 Å². The van der Waals surface area contributed by atoms with Gasteiger partial charge in [-0.15, -0.1) is 0 Å². The minimum atomic E-state index is -0.151. The summed E-state index contributed by atoms with van der Waals surface area (Å²) in [4.78, 5) is 44.8. The van der Waals surface area contributed by atoms with Crippen molar-refractivity contribution >= 4 is 28.7 Å². The number of urea groups is 1. The van der Waals surface area contributed by atoms with Crippen molar-refractivity contribution in [1.82, 2.24) is 29.8 Å². The Morgan fingerprint density at radius 3 is 2.66 bits per heavy atom. The van der Waals surface area contributed by atoms with E-state index in [1.165, 1.54) is 0 Å². The number of hydrogen-bond acceptors (Lipinski definition) is 4. The zero-order valence-electron chi connectivity index (χ0n) is 20.4. The number of amides is 4. The summed E-state index contributed by atoms with van der Waals surface area (Å²) >= 11 is 0. The average molecular weight is 479 g/mol. The summed E-state index contributed by atoms with van der Waals surface area (Å²) in [6, 6.07) is 8.22. The molecule has 186 valence electrons. The Labute approximate surface area is 205 Å². The second-order valence-electron chi connectivity index (χ2n) is 10.8. The molecule has 2 unspecified atom stereocenters. The Kier molecular flexibility index (Phi) is 5.65. The molecule has 4 aliphatic rings. The van der Waals surface area contributed by atoms with Gasteiger partial charge < -0.3 is 20.0 Å². The van der Waals surface area contributed by atoms with E-state index in [-0.39, 0.29) is 18.0 Å².